The summed E-state index contributed by atoms with van der Waals surface area (Å²) >= 11 is 0. The lowest BCUT2D eigenvalue weighted by atomic mass is 9.96. The Bertz CT molecular complexity index is 409. The lowest BCUT2D eigenvalue weighted by molar-refractivity contribution is -0.137. The molecule has 1 aromatic rings. The van der Waals surface area contributed by atoms with Gasteiger partial charge in [-0.2, -0.15) is 13.2 Å². The van der Waals surface area contributed by atoms with Crippen LogP contribution in [0.15, 0.2) is 24.3 Å². The fourth-order valence-electron chi connectivity index (χ4n) is 1.61. The number of halogens is 3. The van der Waals surface area contributed by atoms with Crippen molar-refractivity contribution in [2.24, 2.45) is 11.7 Å². The molecule has 0 radical (unpaired) electrons. The number of rotatable bonds is 4. The average molecular weight is 259 g/mol. The van der Waals surface area contributed by atoms with Crippen molar-refractivity contribution >= 4 is 5.78 Å². The number of carbonyl (C=O) groups is 1. The predicted molar refractivity (Wildman–Crippen MR) is 63.0 cm³/mol. The van der Waals surface area contributed by atoms with E-state index in [0.717, 1.165) is 12.1 Å². The van der Waals surface area contributed by atoms with Crippen molar-refractivity contribution in [1.82, 2.24) is 0 Å². The highest BCUT2D eigenvalue weighted by molar-refractivity contribution is 5.85. The SMILES string of the molecule is CC(C)C(=O)[C@H](N)Cc1ccc(C(F)(F)F)cc1. The van der Waals surface area contributed by atoms with Crippen molar-refractivity contribution in [3.05, 3.63) is 35.4 Å². The largest absolute Gasteiger partial charge is 0.416 e. The van der Waals surface area contributed by atoms with Gasteiger partial charge in [0.1, 0.15) is 0 Å². The highest BCUT2D eigenvalue weighted by atomic mass is 19.4. The van der Waals surface area contributed by atoms with Crippen LogP contribution in [0, 0.1) is 5.92 Å². The van der Waals surface area contributed by atoms with Crippen LogP contribution in [0.4, 0.5) is 13.2 Å². The Hall–Kier alpha value is -1.36. The molecule has 0 aliphatic rings. The Kier molecular flexibility index (Phi) is 4.51. The van der Waals surface area contributed by atoms with Gasteiger partial charge in [-0.25, -0.2) is 0 Å². The van der Waals surface area contributed by atoms with Gasteiger partial charge >= 0.3 is 6.18 Å². The van der Waals surface area contributed by atoms with Gasteiger partial charge in [0.15, 0.2) is 5.78 Å². The fourth-order valence-corrected chi connectivity index (χ4v) is 1.61. The Labute approximate surface area is 104 Å². The molecule has 0 unspecified atom stereocenters. The first-order valence-corrected chi connectivity index (χ1v) is 5.67. The van der Waals surface area contributed by atoms with E-state index in [2.05, 4.69) is 0 Å². The van der Waals surface area contributed by atoms with Crippen LogP contribution in [0.1, 0.15) is 25.0 Å². The first-order chi connectivity index (χ1) is 8.21. The van der Waals surface area contributed by atoms with E-state index in [0.29, 0.717) is 5.56 Å². The average Bonchev–Trinajstić information content (AvgIpc) is 2.27. The highest BCUT2D eigenvalue weighted by Crippen LogP contribution is 2.29. The van der Waals surface area contributed by atoms with E-state index >= 15 is 0 Å². The number of alkyl halides is 3. The van der Waals surface area contributed by atoms with Gasteiger partial charge in [0.25, 0.3) is 0 Å². The molecule has 1 atom stereocenters. The molecule has 0 aliphatic carbocycles. The minimum absolute atomic E-state index is 0.0881. The summed E-state index contributed by atoms with van der Waals surface area (Å²) in [6.07, 6.45) is -4.08. The normalized spacial score (nSPS) is 13.7. The minimum atomic E-state index is -4.34. The molecule has 100 valence electrons. The van der Waals surface area contributed by atoms with Gasteiger partial charge in [-0.3, -0.25) is 4.79 Å². The number of ketones is 1. The molecule has 1 rings (SSSR count). The number of carbonyl (C=O) groups excluding carboxylic acids is 1. The van der Waals surface area contributed by atoms with Gasteiger partial charge in [0.2, 0.25) is 0 Å². The summed E-state index contributed by atoms with van der Waals surface area (Å²) in [7, 11) is 0. The van der Waals surface area contributed by atoms with Crippen LogP contribution in [0.25, 0.3) is 0 Å². The Morgan fingerprint density at radius 1 is 1.22 bits per heavy atom. The van der Waals surface area contributed by atoms with Gasteiger partial charge in [0, 0.05) is 5.92 Å². The molecule has 0 spiro atoms. The predicted octanol–water partition coefficient (Wildman–Crippen LogP) is 2.80. The fraction of sp³-hybridized carbons (Fsp3) is 0.462. The maximum absolute atomic E-state index is 12.3. The van der Waals surface area contributed by atoms with E-state index in [1.54, 1.807) is 13.8 Å². The lowest BCUT2D eigenvalue weighted by Gasteiger charge is -2.13. The summed E-state index contributed by atoms with van der Waals surface area (Å²) in [6, 6.07) is 4.05. The zero-order valence-corrected chi connectivity index (χ0v) is 10.3. The Balaban J connectivity index is 2.73. The number of benzene rings is 1. The van der Waals surface area contributed by atoms with Crippen molar-refractivity contribution in [3.63, 3.8) is 0 Å². The lowest BCUT2D eigenvalue weighted by Crippen LogP contribution is -2.35. The van der Waals surface area contributed by atoms with E-state index in [9.17, 15) is 18.0 Å². The molecule has 0 fully saturated rings. The number of hydrogen-bond acceptors (Lipinski definition) is 2. The standard InChI is InChI=1S/C13H16F3NO/c1-8(2)12(18)11(17)7-9-3-5-10(6-4-9)13(14,15)16/h3-6,8,11H,7,17H2,1-2H3/t11-/m1/s1. The summed E-state index contributed by atoms with van der Waals surface area (Å²) in [5, 5.41) is 0. The first-order valence-electron chi connectivity index (χ1n) is 5.67. The van der Waals surface area contributed by atoms with Gasteiger partial charge in [-0.1, -0.05) is 26.0 Å². The summed E-state index contributed by atoms with van der Waals surface area (Å²) in [4.78, 5) is 11.6. The molecular weight excluding hydrogens is 243 g/mol. The molecule has 0 bridgehead atoms. The van der Waals surface area contributed by atoms with E-state index in [1.807, 2.05) is 0 Å². The number of hydrogen-bond donors (Lipinski definition) is 1. The zero-order valence-electron chi connectivity index (χ0n) is 10.3. The molecule has 18 heavy (non-hydrogen) atoms. The first kappa shape index (κ1) is 14.7. The molecule has 0 saturated heterocycles. The molecule has 0 aliphatic heterocycles. The van der Waals surface area contributed by atoms with E-state index in [4.69, 9.17) is 5.73 Å². The highest BCUT2D eigenvalue weighted by Gasteiger charge is 2.30. The van der Waals surface area contributed by atoms with Crippen LogP contribution in [-0.4, -0.2) is 11.8 Å². The third-order valence-electron chi connectivity index (χ3n) is 2.67. The van der Waals surface area contributed by atoms with Crippen molar-refractivity contribution < 1.29 is 18.0 Å². The second kappa shape index (κ2) is 5.52. The van der Waals surface area contributed by atoms with E-state index < -0.39 is 17.8 Å². The van der Waals surface area contributed by atoms with Gasteiger partial charge < -0.3 is 5.73 Å². The molecule has 2 nitrogen and oxygen atoms in total. The smallest absolute Gasteiger partial charge is 0.321 e. The summed E-state index contributed by atoms with van der Waals surface area (Å²) in [5.74, 6) is -0.260. The van der Waals surface area contributed by atoms with Gasteiger partial charge in [-0.15, -0.1) is 0 Å². The van der Waals surface area contributed by atoms with Crippen LogP contribution in [0.3, 0.4) is 0 Å². The Morgan fingerprint density at radius 3 is 2.11 bits per heavy atom. The van der Waals surface area contributed by atoms with Crippen molar-refractivity contribution in [1.29, 1.82) is 0 Å². The second-order valence-electron chi connectivity index (χ2n) is 4.56. The monoisotopic (exact) mass is 259 g/mol. The minimum Gasteiger partial charge on any atom is -0.321 e. The molecule has 1 aromatic carbocycles. The Morgan fingerprint density at radius 2 is 1.72 bits per heavy atom. The van der Waals surface area contributed by atoms with Crippen LogP contribution < -0.4 is 5.73 Å². The molecule has 5 heteroatoms. The van der Waals surface area contributed by atoms with Gasteiger partial charge in [-0.05, 0) is 24.1 Å². The van der Waals surface area contributed by atoms with Crippen molar-refractivity contribution in [3.8, 4) is 0 Å². The number of Topliss-reactive ketones (excluding diaryl/α,β-unsaturated/α-hetero) is 1. The second-order valence-corrected chi connectivity index (χ2v) is 4.56. The third kappa shape index (κ3) is 3.84. The maximum Gasteiger partial charge on any atom is 0.416 e. The van der Waals surface area contributed by atoms with E-state index in [-0.39, 0.29) is 18.1 Å². The van der Waals surface area contributed by atoms with Gasteiger partial charge in [0.05, 0.1) is 11.6 Å². The molecule has 0 heterocycles. The van der Waals surface area contributed by atoms with Crippen LogP contribution >= 0.6 is 0 Å². The van der Waals surface area contributed by atoms with Crippen LogP contribution in [-0.2, 0) is 17.4 Å². The molecule has 0 saturated carbocycles. The summed E-state index contributed by atoms with van der Waals surface area (Å²) < 4.78 is 37.0. The zero-order chi connectivity index (χ0) is 13.9. The molecular formula is C13H16F3NO. The van der Waals surface area contributed by atoms with Crippen LogP contribution in [0.2, 0.25) is 0 Å². The summed E-state index contributed by atoms with van der Waals surface area (Å²) in [6.45, 7) is 3.49. The van der Waals surface area contributed by atoms with Crippen molar-refractivity contribution in [2.75, 3.05) is 0 Å². The molecule has 2 N–H and O–H groups in total. The maximum atomic E-state index is 12.3. The summed E-state index contributed by atoms with van der Waals surface area (Å²) in [5.41, 5.74) is 5.63. The topological polar surface area (TPSA) is 43.1 Å². The van der Waals surface area contributed by atoms with Crippen molar-refractivity contribution in [2.45, 2.75) is 32.5 Å². The van der Waals surface area contributed by atoms with Crippen LogP contribution in [0.5, 0.6) is 0 Å². The van der Waals surface area contributed by atoms with E-state index in [1.165, 1.54) is 12.1 Å². The number of nitrogens with two attached hydrogens (primary N) is 1. The molecule has 0 aromatic heterocycles. The third-order valence-corrected chi connectivity index (χ3v) is 2.67. The quantitative estimate of drug-likeness (QED) is 0.903. The molecule has 0 amide bonds.